The fraction of sp³-hybridized carbons (Fsp3) is 0.222. The largest absolute Gasteiger partial charge is 0.384 e. The second-order valence-electron chi connectivity index (χ2n) is 5.00. The lowest BCUT2D eigenvalue weighted by atomic mass is 10.1. The number of benzene rings is 2. The number of rotatable bonds is 3. The van der Waals surface area contributed by atoms with Gasteiger partial charge in [-0.2, -0.15) is 0 Å². The average Bonchev–Trinajstić information content (AvgIpc) is 2.45. The van der Waals surface area contributed by atoms with Gasteiger partial charge in [0.1, 0.15) is 12.4 Å². The van der Waals surface area contributed by atoms with Crippen molar-refractivity contribution < 1.29 is 9.50 Å². The zero-order valence-corrected chi connectivity index (χ0v) is 12.2. The van der Waals surface area contributed by atoms with Crippen LogP contribution in [0.1, 0.15) is 16.7 Å². The molecule has 0 aromatic heterocycles. The molecule has 0 radical (unpaired) electrons. The van der Waals surface area contributed by atoms with Gasteiger partial charge in [0.15, 0.2) is 0 Å². The standard InChI is InChI=1S/C18H18FNO/c1-14-5-7-18(8-6-14)20(2)13-16-10-15(4-3-9-21)11-17(19)12-16/h5-8,10-12,21H,9,13H2,1-2H3. The Hall–Kier alpha value is -2.31. The topological polar surface area (TPSA) is 23.5 Å². The summed E-state index contributed by atoms with van der Waals surface area (Å²) in [5.41, 5.74) is 3.71. The van der Waals surface area contributed by atoms with Crippen LogP contribution < -0.4 is 4.90 Å². The van der Waals surface area contributed by atoms with E-state index < -0.39 is 0 Å². The fourth-order valence-corrected chi connectivity index (χ4v) is 2.12. The first-order chi connectivity index (χ1) is 10.1. The fourth-order valence-electron chi connectivity index (χ4n) is 2.12. The van der Waals surface area contributed by atoms with Crippen LogP contribution in [0, 0.1) is 24.6 Å². The smallest absolute Gasteiger partial charge is 0.124 e. The molecule has 0 aliphatic heterocycles. The van der Waals surface area contributed by atoms with Gasteiger partial charge in [0, 0.05) is 24.8 Å². The van der Waals surface area contributed by atoms with Crippen LogP contribution in [-0.4, -0.2) is 18.8 Å². The third-order valence-corrected chi connectivity index (χ3v) is 3.16. The molecule has 2 aromatic carbocycles. The van der Waals surface area contributed by atoms with Gasteiger partial charge in [-0.25, -0.2) is 4.39 Å². The highest BCUT2D eigenvalue weighted by molar-refractivity contribution is 5.48. The Morgan fingerprint density at radius 3 is 2.52 bits per heavy atom. The molecule has 3 heteroatoms. The Morgan fingerprint density at radius 2 is 1.86 bits per heavy atom. The number of aliphatic hydroxyl groups excluding tert-OH is 1. The lowest BCUT2D eigenvalue weighted by Crippen LogP contribution is -2.16. The molecular weight excluding hydrogens is 265 g/mol. The summed E-state index contributed by atoms with van der Waals surface area (Å²) in [7, 11) is 1.97. The molecule has 0 unspecified atom stereocenters. The lowest BCUT2D eigenvalue weighted by Gasteiger charge is -2.19. The van der Waals surface area contributed by atoms with Crippen LogP contribution in [0.5, 0.6) is 0 Å². The maximum atomic E-state index is 13.6. The molecule has 0 saturated carbocycles. The number of aliphatic hydroxyl groups is 1. The highest BCUT2D eigenvalue weighted by Gasteiger charge is 2.05. The molecule has 21 heavy (non-hydrogen) atoms. The highest BCUT2D eigenvalue weighted by Crippen LogP contribution is 2.17. The van der Waals surface area contributed by atoms with Crippen molar-refractivity contribution in [3.05, 3.63) is 65.0 Å². The Labute approximate surface area is 124 Å². The van der Waals surface area contributed by atoms with E-state index in [1.54, 1.807) is 0 Å². The zero-order chi connectivity index (χ0) is 15.2. The number of hydrogen-bond donors (Lipinski definition) is 1. The summed E-state index contributed by atoms with van der Waals surface area (Å²) in [5, 5.41) is 8.71. The summed E-state index contributed by atoms with van der Waals surface area (Å²) < 4.78 is 13.6. The number of hydrogen-bond acceptors (Lipinski definition) is 2. The predicted molar refractivity (Wildman–Crippen MR) is 83.6 cm³/mol. The molecule has 2 rings (SSSR count). The number of halogens is 1. The Bertz CT molecular complexity index is 668. The van der Waals surface area contributed by atoms with Crippen LogP contribution in [-0.2, 0) is 6.54 Å². The van der Waals surface area contributed by atoms with Crippen LogP contribution >= 0.6 is 0 Å². The molecule has 0 aliphatic rings. The van der Waals surface area contributed by atoms with Gasteiger partial charge in [-0.3, -0.25) is 0 Å². The molecule has 0 bridgehead atoms. The van der Waals surface area contributed by atoms with E-state index in [-0.39, 0.29) is 12.4 Å². The van der Waals surface area contributed by atoms with Gasteiger partial charge < -0.3 is 10.0 Å². The molecule has 0 fully saturated rings. The van der Waals surface area contributed by atoms with Crippen LogP contribution in [0.3, 0.4) is 0 Å². The molecule has 108 valence electrons. The second kappa shape index (κ2) is 6.92. The van der Waals surface area contributed by atoms with Crippen molar-refractivity contribution in [1.29, 1.82) is 0 Å². The second-order valence-corrected chi connectivity index (χ2v) is 5.00. The van der Waals surface area contributed by atoms with Crippen molar-refractivity contribution in [2.45, 2.75) is 13.5 Å². The van der Waals surface area contributed by atoms with E-state index in [0.29, 0.717) is 12.1 Å². The maximum Gasteiger partial charge on any atom is 0.124 e. The summed E-state index contributed by atoms with van der Waals surface area (Å²) in [4.78, 5) is 2.05. The lowest BCUT2D eigenvalue weighted by molar-refractivity contribution is 0.350. The first-order valence-corrected chi connectivity index (χ1v) is 6.75. The van der Waals surface area contributed by atoms with Crippen LogP contribution in [0.4, 0.5) is 10.1 Å². The summed E-state index contributed by atoms with van der Waals surface area (Å²) in [6.07, 6.45) is 0. The van der Waals surface area contributed by atoms with Gasteiger partial charge in [-0.05, 0) is 42.8 Å². The number of aryl methyl sites for hydroxylation is 1. The molecule has 0 saturated heterocycles. The minimum absolute atomic E-state index is 0.227. The van der Waals surface area contributed by atoms with E-state index in [0.717, 1.165) is 11.3 Å². The van der Waals surface area contributed by atoms with Gasteiger partial charge in [0.2, 0.25) is 0 Å². The minimum atomic E-state index is -0.313. The van der Waals surface area contributed by atoms with Crippen molar-refractivity contribution >= 4 is 5.69 Å². The van der Waals surface area contributed by atoms with Crippen molar-refractivity contribution in [3.63, 3.8) is 0 Å². The molecule has 0 atom stereocenters. The quantitative estimate of drug-likeness (QED) is 0.875. The van der Waals surface area contributed by atoms with Gasteiger partial charge in [0.05, 0.1) is 0 Å². The molecule has 0 aliphatic carbocycles. The summed E-state index contributed by atoms with van der Waals surface area (Å²) in [6, 6.07) is 12.9. The number of anilines is 1. The molecule has 1 N–H and O–H groups in total. The Morgan fingerprint density at radius 1 is 1.14 bits per heavy atom. The normalized spacial score (nSPS) is 9.90. The minimum Gasteiger partial charge on any atom is -0.384 e. The van der Waals surface area contributed by atoms with E-state index in [2.05, 4.69) is 28.9 Å². The van der Waals surface area contributed by atoms with E-state index in [1.807, 2.05) is 32.2 Å². The van der Waals surface area contributed by atoms with E-state index in [4.69, 9.17) is 5.11 Å². The molecule has 0 amide bonds. The van der Waals surface area contributed by atoms with Crippen LogP contribution in [0.15, 0.2) is 42.5 Å². The molecule has 0 spiro atoms. The maximum absolute atomic E-state index is 13.6. The summed E-state index contributed by atoms with van der Waals surface area (Å²) in [6.45, 7) is 2.41. The first kappa shape index (κ1) is 15.1. The average molecular weight is 283 g/mol. The molecule has 2 nitrogen and oxygen atoms in total. The number of nitrogens with zero attached hydrogens (tertiary/aromatic N) is 1. The van der Waals surface area contributed by atoms with Gasteiger partial charge in [0.25, 0.3) is 0 Å². The van der Waals surface area contributed by atoms with Gasteiger partial charge in [-0.1, -0.05) is 29.5 Å². The SMILES string of the molecule is Cc1ccc(N(C)Cc2cc(F)cc(C#CCO)c2)cc1. The van der Waals surface area contributed by atoms with Crippen molar-refractivity contribution in [2.24, 2.45) is 0 Å². The monoisotopic (exact) mass is 283 g/mol. The first-order valence-electron chi connectivity index (χ1n) is 6.75. The van der Waals surface area contributed by atoms with E-state index in [9.17, 15) is 4.39 Å². The summed E-state index contributed by atoms with van der Waals surface area (Å²) in [5.74, 6) is 4.96. The third-order valence-electron chi connectivity index (χ3n) is 3.16. The van der Waals surface area contributed by atoms with Crippen molar-refractivity contribution in [2.75, 3.05) is 18.6 Å². The van der Waals surface area contributed by atoms with Crippen LogP contribution in [0.25, 0.3) is 0 Å². The van der Waals surface area contributed by atoms with Crippen LogP contribution in [0.2, 0.25) is 0 Å². The zero-order valence-electron chi connectivity index (χ0n) is 12.2. The van der Waals surface area contributed by atoms with E-state index in [1.165, 1.54) is 17.7 Å². The summed E-state index contributed by atoms with van der Waals surface area (Å²) >= 11 is 0. The molecular formula is C18H18FNO. The van der Waals surface area contributed by atoms with Gasteiger partial charge in [-0.15, -0.1) is 0 Å². The van der Waals surface area contributed by atoms with Crippen molar-refractivity contribution in [1.82, 2.24) is 0 Å². The third kappa shape index (κ3) is 4.34. The Kier molecular flexibility index (Phi) is 4.97. The molecule has 0 heterocycles. The van der Waals surface area contributed by atoms with Gasteiger partial charge >= 0.3 is 0 Å². The Balaban J connectivity index is 2.18. The predicted octanol–water partition coefficient (Wildman–Crippen LogP) is 3.11. The molecule has 2 aromatic rings. The van der Waals surface area contributed by atoms with Crippen molar-refractivity contribution in [3.8, 4) is 11.8 Å². The highest BCUT2D eigenvalue weighted by atomic mass is 19.1. The van der Waals surface area contributed by atoms with E-state index >= 15 is 0 Å².